The van der Waals surface area contributed by atoms with Gasteiger partial charge >= 0.3 is 0 Å². The first-order chi connectivity index (χ1) is 17.0. The number of hydrogen-bond acceptors (Lipinski definition) is 7. The van der Waals surface area contributed by atoms with Crippen LogP contribution >= 0.6 is 11.3 Å². The molecule has 0 aliphatic carbocycles. The van der Waals surface area contributed by atoms with E-state index < -0.39 is 0 Å². The normalized spacial score (nSPS) is 14.9. The zero-order chi connectivity index (χ0) is 24.5. The molecule has 4 aromatic rings. The fraction of sp³-hybridized carbons (Fsp3) is 0.269. The Morgan fingerprint density at radius 3 is 2.86 bits per heavy atom. The minimum atomic E-state index is -0.172. The lowest BCUT2D eigenvalue weighted by atomic mass is 9.85. The molecule has 0 radical (unpaired) electrons. The first kappa shape index (κ1) is 22.9. The van der Waals surface area contributed by atoms with Gasteiger partial charge in [0.1, 0.15) is 18.2 Å². The second kappa shape index (κ2) is 9.42. The number of rotatable bonds is 8. The van der Waals surface area contributed by atoms with Crippen molar-refractivity contribution >= 4 is 33.3 Å². The molecule has 1 N–H and O–H groups in total. The molecule has 180 valence electrons. The number of nitrogens with zero attached hydrogens (tertiary/aromatic N) is 3. The highest BCUT2D eigenvalue weighted by atomic mass is 32.1. The number of thiazole rings is 1. The van der Waals surface area contributed by atoms with Crippen LogP contribution in [0.5, 0.6) is 17.2 Å². The lowest BCUT2D eigenvalue weighted by Crippen LogP contribution is -2.25. The summed E-state index contributed by atoms with van der Waals surface area (Å²) >= 11 is 1.50. The molecule has 1 aliphatic heterocycles. The number of nitrogens with one attached hydrogen (secondary N) is 1. The van der Waals surface area contributed by atoms with Gasteiger partial charge < -0.3 is 19.5 Å². The van der Waals surface area contributed by atoms with Gasteiger partial charge in [0.2, 0.25) is 11.0 Å². The Labute approximate surface area is 207 Å². The van der Waals surface area contributed by atoms with Crippen molar-refractivity contribution in [2.24, 2.45) is 0 Å². The Morgan fingerprint density at radius 1 is 1.23 bits per heavy atom. The van der Waals surface area contributed by atoms with Crippen LogP contribution < -0.4 is 19.5 Å². The van der Waals surface area contributed by atoms with E-state index >= 15 is 0 Å². The van der Waals surface area contributed by atoms with Crippen LogP contribution in [-0.2, 0) is 4.79 Å². The van der Waals surface area contributed by atoms with Gasteiger partial charge in [-0.15, -0.1) is 0 Å². The van der Waals surface area contributed by atoms with E-state index in [0.29, 0.717) is 42.1 Å². The van der Waals surface area contributed by atoms with Crippen LogP contribution in [0.2, 0.25) is 0 Å². The molecular formula is C26H26N4O4S. The standard InChI is InChI=1S/C26H26N4O4S/c1-5-11-34-20-10-7-16(12-21(20)33-6-2)18-14-23(31)28-25-24(18)15(3)29-30(25)26-27-19-9-8-17(32-4)13-22(19)35-26/h5,7-10,12-13,18H,1,6,11,14H2,2-4H3,(H,28,31). The maximum absolute atomic E-state index is 12.8. The molecule has 1 aliphatic rings. The van der Waals surface area contributed by atoms with Crippen molar-refractivity contribution < 1.29 is 19.0 Å². The third-order valence-corrected chi connectivity index (χ3v) is 6.89. The van der Waals surface area contributed by atoms with Gasteiger partial charge in [0.05, 0.1) is 29.6 Å². The van der Waals surface area contributed by atoms with Crippen molar-refractivity contribution in [3.8, 4) is 22.4 Å². The summed E-state index contributed by atoms with van der Waals surface area (Å²) in [6.45, 7) is 8.48. The van der Waals surface area contributed by atoms with Gasteiger partial charge in [0, 0.05) is 17.9 Å². The van der Waals surface area contributed by atoms with Gasteiger partial charge in [-0.05, 0) is 49.7 Å². The Kier molecular flexibility index (Phi) is 6.17. The molecule has 2 aromatic carbocycles. The third-order valence-electron chi connectivity index (χ3n) is 5.89. The van der Waals surface area contributed by atoms with Gasteiger partial charge in [0.15, 0.2) is 11.5 Å². The van der Waals surface area contributed by atoms with Crippen LogP contribution in [0.4, 0.5) is 5.82 Å². The molecular weight excluding hydrogens is 464 g/mol. The summed E-state index contributed by atoms with van der Waals surface area (Å²) < 4.78 is 19.6. The number of aromatic nitrogens is 3. The van der Waals surface area contributed by atoms with E-state index in [4.69, 9.17) is 24.3 Å². The molecule has 0 saturated carbocycles. The second-order valence-corrected chi connectivity index (χ2v) is 9.14. The van der Waals surface area contributed by atoms with Crippen LogP contribution in [0, 0.1) is 6.92 Å². The van der Waals surface area contributed by atoms with Crippen molar-refractivity contribution in [3.63, 3.8) is 0 Å². The van der Waals surface area contributed by atoms with Crippen LogP contribution in [-0.4, -0.2) is 41.0 Å². The Hall–Kier alpha value is -3.85. The number of amides is 1. The highest BCUT2D eigenvalue weighted by Gasteiger charge is 2.33. The van der Waals surface area contributed by atoms with Crippen LogP contribution in [0.3, 0.4) is 0 Å². The SMILES string of the molecule is C=CCOc1ccc(C2CC(=O)Nc3c2c(C)nn3-c2nc3ccc(OC)cc3s2)cc1OCC. The maximum Gasteiger partial charge on any atom is 0.226 e. The number of anilines is 1. The molecule has 8 nitrogen and oxygen atoms in total. The lowest BCUT2D eigenvalue weighted by Gasteiger charge is -2.25. The minimum absolute atomic E-state index is 0.0728. The molecule has 1 amide bonds. The largest absolute Gasteiger partial charge is 0.497 e. The Bertz CT molecular complexity index is 1420. The number of aryl methyl sites for hydroxylation is 1. The molecule has 1 unspecified atom stereocenters. The number of ether oxygens (including phenoxy) is 3. The van der Waals surface area contributed by atoms with Crippen LogP contribution in [0.25, 0.3) is 15.3 Å². The van der Waals surface area contributed by atoms with Crippen molar-refractivity contribution in [2.45, 2.75) is 26.2 Å². The molecule has 2 aromatic heterocycles. The minimum Gasteiger partial charge on any atom is -0.497 e. The molecule has 3 heterocycles. The lowest BCUT2D eigenvalue weighted by molar-refractivity contribution is -0.116. The molecule has 1 atom stereocenters. The average Bonchev–Trinajstić information content (AvgIpc) is 3.43. The fourth-order valence-electron chi connectivity index (χ4n) is 4.36. The molecule has 0 saturated heterocycles. The smallest absolute Gasteiger partial charge is 0.226 e. The summed E-state index contributed by atoms with van der Waals surface area (Å²) in [4.78, 5) is 17.6. The number of carbonyl (C=O) groups is 1. The summed E-state index contributed by atoms with van der Waals surface area (Å²) in [5.74, 6) is 2.47. The quantitative estimate of drug-likeness (QED) is 0.340. The second-order valence-electron chi connectivity index (χ2n) is 8.13. The molecule has 35 heavy (non-hydrogen) atoms. The predicted octanol–water partition coefficient (Wildman–Crippen LogP) is 5.24. The Balaban J connectivity index is 1.58. The monoisotopic (exact) mass is 490 g/mol. The molecule has 0 spiro atoms. The van der Waals surface area contributed by atoms with Gasteiger partial charge in [-0.1, -0.05) is 30.1 Å². The first-order valence-electron chi connectivity index (χ1n) is 11.4. The zero-order valence-corrected chi connectivity index (χ0v) is 20.6. The number of fused-ring (bicyclic) bond motifs is 2. The molecule has 0 bridgehead atoms. The van der Waals surface area contributed by atoms with Crippen LogP contribution in [0.1, 0.15) is 36.1 Å². The van der Waals surface area contributed by atoms with Crippen molar-refractivity contribution in [2.75, 3.05) is 25.6 Å². The van der Waals surface area contributed by atoms with Crippen molar-refractivity contribution in [3.05, 3.63) is 65.9 Å². The van der Waals surface area contributed by atoms with E-state index in [1.54, 1.807) is 17.9 Å². The topological polar surface area (TPSA) is 87.5 Å². The van der Waals surface area contributed by atoms with E-state index in [0.717, 1.165) is 32.8 Å². The van der Waals surface area contributed by atoms with Crippen molar-refractivity contribution in [1.82, 2.24) is 14.8 Å². The summed E-state index contributed by atoms with van der Waals surface area (Å²) in [7, 11) is 1.64. The van der Waals surface area contributed by atoms with E-state index in [9.17, 15) is 4.79 Å². The highest BCUT2D eigenvalue weighted by molar-refractivity contribution is 7.20. The first-order valence-corrected chi connectivity index (χ1v) is 12.2. The van der Waals surface area contributed by atoms with E-state index in [2.05, 4.69) is 11.9 Å². The summed E-state index contributed by atoms with van der Waals surface area (Å²) in [6.07, 6.45) is 2.01. The predicted molar refractivity (Wildman–Crippen MR) is 136 cm³/mol. The van der Waals surface area contributed by atoms with Crippen molar-refractivity contribution in [1.29, 1.82) is 0 Å². The van der Waals surface area contributed by atoms with E-state index in [1.807, 2.05) is 50.2 Å². The molecule has 0 fully saturated rings. The molecule has 5 rings (SSSR count). The summed E-state index contributed by atoms with van der Waals surface area (Å²) in [5.41, 5.74) is 3.63. The van der Waals surface area contributed by atoms with Gasteiger partial charge in [-0.3, -0.25) is 4.79 Å². The fourth-order valence-corrected chi connectivity index (χ4v) is 5.31. The number of methoxy groups -OCH3 is 1. The molecule has 9 heteroatoms. The Morgan fingerprint density at radius 2 is 2.09 bits per heavy atom. The highest BCUT2D eigenvalue weighted by Crippen LogP contribution is 2.43. The van der Waals surface area contributed by atoms with E-state index in [-0.39, 0.29) is 11.8 Å². The maximum atomic E-state index is 12.8. The van der Waals surface area contributed by atoms with Gasteiger partial charge in [-0.2, -0.15) is 9.78 Å². The van der Waals surface area contributed by atoms with Crippen LogP contribution in [0.15, 0.2) is 49.1 Å². The zero-order valence-electron chi connectivity index (χ0n) is 19.8. The summed E-state index contributed by atoms with van der Waals surface area (Å²) in [6, 6.07) is 11.6. The van der Waals surface area contributed by atoms with Gasteiger partial charge in [-0.25, -0.2) is 4.98 Å². The van der Waals surface area contributed by atoms with E-state index in [1.165, 1.54) is 11.3 Å². The summed E-state index contributed by atoms with van der Waals surface area (Å²) in [5, 5.41) is 8.49. The average molecular weight is 491 g/mol. The number of carbonyl (C=O) groups excluding carboxylic acids is 1. The van der Waals surface area contributed by atoms with Gasteiger partial charge in [0.25, 0.3) is 0 Å². The number of benzene rings is 2. The number of hydrogen-bond donors (Lipinski definition) is 1. The third kappa shape index (κ3) is 4.23.